The van der Waals surface area contributed by atoms with E-state index in [1.54, 1.807) is 36.7 Å². The number of unbranched alkanes of at least 4 members (excludes halogenated alkanes) is 12. The SMILES string of the molecule is C.C[C@]1(c2ccncc2)COc2cc(O)ccc2[C@H]1CCCCCCCCCS(=O)CCCC(F)(F)C(F)(F)F.C[C@]1(c2ccncc2)COc2cc(O)ccc2[C@H]1CCCCCCCCCSCCCC(F)(F)C(F)(F)F.OF.[3HH]. The van der Waals surface area contributed by atoms with Crippen LogP contribution in [0.1, 0.15) is 185 Å². The number of hydrogen-bond acceptors (Lipinski definition) is 9. The summed E-state index contributed by atoms with van der Waals surface area (Å²) in [5, 5.41) is 25.3. The van der Waals surface area contributed by atoms with Crippen molar-refractivity contribution in [1.82, 2.24) is 9.97 Å². The second kappa shape index (κ2) is 33.7. The van der Waals surface area contributed by atoms with E-state index in [0.717, 1.165) is 125 Å². The second-order valence-corrected chi connectivity index (χ2v) is 24.0. The molecule has 6 rings (SSSR count). The summed E-state index contributed by atoms with van der Waals surface area (Å²) in [4.78, 5) is 8.32. The van der Waals surface area contributed by atoms with E-state index in [0.29, 0.717) is 31.1 Å². The normalized spacial score (nSPS) is 19.3. The second-order valence-electron chi connectivity index (χ2n) is 21.0. The van der Waals surface area contributed by atoms with Gasteiger partial charge in [-0.25, -0.2) is 5.31 Å². The van der Waals surface area contributed by atoms with Gasteiger partial charge in [0.2, 0.25) is 0 Å². The van der Waals surface area contributed by atoms with Crippen molar-refractivity contribution in [1.29, 1.82) is 0 Å². The van der Waals surface area contributed by atoms with Gasteiger partial charge in [-0.15, -0.1) is 0 Å². The fraction of sp³-hybridized carbons (Fsp3) is 0.627. The lowest BCUT2D eigenvalue weighted by Gasteiger charge is -2.43. The van der Waals surface area contributed by atoms with Crippen molar-refractivity contribution in [2.45, 2.75) is 197 Å². The molecule has 0 radical (unpaired) electrons. The van der Waals surface area contributed by atoms with Crippen LogP contribution in [0.15, 0.2) is 85.5 Å². The number of alkyl halides is 10. The van der Waals surface area contributed by atoms with Gasteiger partial charge in [-0.2, -0.15) is 55.7 Å². The van der Waals surface area contributed by atoms with Gasteiger partial charge in [0.1, 0.15) is 23.0 Å². The predicted octanol–water partition coefficient (Wildman–Crippen LogP) is 17.9. The summed E-state index contributed by atoms with van der Waals surface area (Å²) in [7, 11) is -1.37. The van der Waals surface area contributed by atoms with E-state index in [-0.39, 0.29) is 55.2 Å². The van der Waals surface area contributed by atoms with Crippen LogP contribution >= 0.6 is 11.8 Å². The molecule has 4 heterocycles. The molecular formula is C59H83F11N2O6S2. The average Bonchev–Trinajstić information content (AvgIpc) is 3.41. The zero-order valence-corrected chi connectivity index (χ0v) is 46.7. The van der Waals surface area contributed by atoms with E-state index >= 15 is 0 Å². The van der Waals surface area contributed by atoms with Crippen molar-refractivity contribution in [3.05, 3.63) is 108 Å². The first-order valence-electron chi connectivity index (χ1n) is 27.2. The molecule has 3 N–H and O–H groups in total. The molecule has 0 amide bonds. The molecule has 2 aromatic heterocycles. The summed E-state index contributed by atoms with van der Waals surface area (Å²) >= 11 is 1.46. The number of rotatable bonds is 30. The minimum absolute atomic E-state index is 0. The lowest BCUT2D eigenvalue weighted by molar-refractivity contribution is -0.284. The van der Waals surface area contributed by atoms with Gasteiger partial charge in [0.25, 0.3) is 0 Å². The van der Waals surface area contributed by atoms with E-state index < -0.39 is 54.3 Å². The summed E-state index contributed by atoms with van der Waals surface area (Å²) in [5.74, 6) is -5.58. The highest BCUT2D eigenvalue weighted by atomic mass is 32.2. The van der Waals surface area contributed by atoms with E-state index in [4.69, 9.17) is 19.3 Å². The molecule has 1 unspecified atom stereocenters. The molecule has 0 saturated heterocycles. The van der Waals surface area contributed by atoms with Crippen LogP contribution in [0.3, 0.4) is 0 Å². The molecule has 0 bridgehead atoms. The van der Waals surface area contributed by atoms with Gasteiger partial charge in [0.15, 0.2) is 0 Å². The van der Waals surface area contributed by atoms with Gasteiger partial charge in [0, 0.05) is 96.2 Å². The van der Waals surface area contributed by atoms with Gasteiger partial charge in [-0.3, -0.25) is 14.2 Å². The lowest BCUT2D eigenvalue weighted by Crippen LogP contribution is -2.40. The van der Waals surface area contributed by atoms with Crippen LogP contribution in [-0.2, 0) is 21.6 Å². The first-order valence-corrected chi connectivity index (χ1v) is 29.8. The Morgan fingerprint density at radius 2 is 0.887 bits per heavy atom. The number of ether oxygens (including phenoxy) is 2. The standard InChI is InChI=1S/C29H38F5NO3S.C29H38F5NO2S.CH4.FHO.H2/c1-27(22-13-16-35-17-14-22)21-38-26-20-23(36)11-12-24(26)25(27)10-7-5-3-2-4-6-8-18-39(37)19-9-15-28(30,31)29(32,33)34;1-27(22-13-16-35-17-14-22)21-37-26-20-23(36)11-12-24(26)25(27)10-7-5-3-2-4-6-8-18-38-19-9-15-28(30,31)29(32,33)34;;1-2;/h11-14,16-17,20,25,36H,2-10,15,18-19,21H2,1H3;11-14,16-17,20,25,36H,2-10,15,18-19,21H2,1H3;1H4;2H;1H/t25-,27-,39?;25-,27-;;;/m11.../s1/i;;;;1+2. The number of thioether (sulfide) groups is 1. The molecule has 4 aromatic rings. The molecule has 0 fully saturated rings. The first-order chi connectivity index (χ1) is 37.5. The van der Waals surface area contributed by atoms with Crippen molar-refractivity contribution in [2.24, 2.45) is 0 Å². The Balaban J connectivity index is 0.000000525. The number of aromatic nitrogens is 2. The van der Waals surface area contributed by atoms with Crippen LogP contribution < -0.4 is 9.47 Å². The lowest BCUT2D eigenvalue weighted by atomic mass is 9.66. The molecule has 2 aromatic carbocycles. The van der Waals surface area contributed by atoms with Crippen LogP contribution in [0.5, 0.6) is 23.0 Å². The maximum atomic E-state index is 12.9. The highest BCUT2D eigenvalue weighted by Gasteiger charge is 2.57. The number of aromatic hydroxyl groups is 2. The Hall–Kier alpha value is -4.37. The number of hydrogen-bond donors (Lipinski definition) is 3. The van der Waals surface area contributed by atoms with Crippen LogP contribution in [0, 0.1) is 0 Å². The van der Waals surface area contributed by atoms with Crippen molar-refractivity contribution in [3.63, 3.8) is 0 Å². The van der Waals surface area contributed by atoms with E-state index in [1.807, 2.05) is 36.7 Å². The van der Waals surface area contributed by atoms with Crippen LogP contribution in [0.25, 0.3) is 0 Å². The third-order valence-electron chi connectivity index (χ3n) is 15.1. The Morgan fingerprint density at radius 1 is 0.537 bits per heavy atom. The Labute approximate surface area is 473 Å². The molecule has 454 valence electrons. The molecule has 0 saturated carbocycles. The highest BCUT2D eigenvalue weighted by molar-refractivity contribution is 7.99. The molecule has 0 spiro atoms. The maximum Gasteiger partial charge on any atom is 0.453 e. The highest BCUT2D eigenvalue weighted by Crippen LogP contribution is 2.51. The molecular weight excluding hydrogens is 1110 g/mol. The summed E-state index contributed by atoms with van der Waals surface area (Å²) in [6.07, 6.45) is 9.53. The maximum absolute atomic E-state index is 12.9. The van der Waals surface area contributed by atoms with Gasteiger partial charge in [-0.05, 0) is 109 Å². The first kappa shape index (κ1) is 69.9. The Bertz CT molecular complexity index is 2400. The zero-order valence-electron chi connectivity index (χ0n) is 45.1. The monoisotopic (exact) mass is 1190 g/mol. The molecule has 2 aliphatic rings. The van der Waals surface area contributed by atoms with Gasteiger partial charge in [0.05, 0.1) is 13.2 Å². The molecule has 80 heavy (non-hydrogen) atoms. The fourth-order valence-corrected chi connectivity index (χ4v) is 12.6. The molecule has 2 aliphatic heterocycles. The molecule has 8 nitrogen and oxygen atoms in total. The third kappa shape index (κ3) is 21.1. The summed E-state index contributed by atoms with van der Waals surface area (Å²) < 4.78 is 157. The topological polar surface area (TPSA) is 122 Å². The largest absolute Gasteiger partial charge is 0.508 e. The summed E-state index contributed by atoms with van der Waals surface area (Å²) in [6.45, 7) is 5.52. The smallest absolute Gasteiger partial charge is 0.453 e. The quantitative estimate of drug-likeness (QED) is 0.0346. The molecule has 21 heteroatoms. The van der Waals surface area contributed by atoms with E-state index in [1.165, 1.54) is 22.9 Å². The number of nitrogens with zero attached hydrogens (tertiary/aromatic N) is 2. The molecule has 5 atom stereocenters. The number of phenolic OH excluding ortho intramolecular Hbond substituents is 2. The van der Waals surface area contributed by atoms with Crippen molar-refractivity contribution in [3.8, 4) is 23.0 Å². The Morgan fingerprint density at radius 3 is 1.30 bits per heavy atom. The molecule has 0 aliphatic carbocycles. The van der Waals surface area contributed by atoms with Gasteiger partial charge >= 0.3 is 24.2 Å². The van der Waals surface area contributed by atoms with Gasteiger partial charge in [-0.1, -0.05) is 115 Å². The van der Waals surface area contributed by atoms with Gasteiger partial charge < -0.3 is 19.7 Å². The van der Waals surface area contributed by atoms with Crippen molar-refractivity contribution < 1.29 is 79.1 Å². The van der Waals surface area contributed by atoms with Crippen LogP contribution in [0.4, 0.5) is 48.4 Å². The average molecular weight is 1190 g/mol. The number of halogens is 11. The van der Waals surface area contributed by atoms with E-state index in [9.17, 15) is 58.3 Å². The summed E-state index contributed by atoms with van der Waals surface area (Å²) in [6, 6.07) is 18.9. The fourth-order valence-electron chi connectivity index (χ4n) is 10.5. The van der Waals surface area contributed by atoms with Crippen LogP contribution in [-0.4, -0.2) is 90.1 Å². The van der Waals surface area contributed by atoms with Crippen molar-refractivity contribution in [2.75, 3.05) is 36.2 Å². The minimum Gasteiger partial charge on any atom is -0.508 e. The number of pyridine rings is 2. The zero-order chi connectivity index (χ0) is 58.2. The van der Waals surface area contributed by atoms with Crippen LogP contribution in [0.2, 0.25) is 0 Å². The number of phenols is 2. The summed E-state index contributed by atoms with van der Waals surface area (Å²) in [5.41, 5.74) is 4.20. The predicted molar refractivity (Wildman–Crippen MR) is 298 cm³/mol. The van der Waals surface area contributed by atoms with Crippen molar-refractivity contribution >= 4 is 22.6 Å². The third-order valence-corrected chi connectivity index (χ3v) is 17.8. The Kier molecular flexibility index (Phi) is 29.4. The number of benzene rings is 2. The number of fused-ring (bicyclic) bond motifs is 2. The van der Waals surface area contributed by atoms with E-state index in [2.05, 4.69) is 35.9 Å². The minimum atomic E-state index is -5.55.